The molecule has 0 fully saturated rings. The van der Waals surface area contributed by atoms with Gasteiger partial charge in [0.05, 0.1) is 31.9 Å². The molecule has 1 N–H and O–H groups in total. The molecule has 0 bridgehead atoms. The highest BCUT2D eigenvalue weighted by Gasteiger charge is 2.11. The van der Waals surface area contributed by atoms with Crippen molar-refractivity contribution in [3.8, 4) is 17.2 Å². The number of nitrogens with one attached hydrogen (secondary N) is 1. The Labute approximate surface area is 205 Å². The average molecular weight is 474 g/mol. The van der Waals surface area contributed by atoms with Crippen molar-refractivity contribution in [3.05, 3.63) is 84.2 Å². The van der Waals surface area contributed by atoms with Crippen molar-refractivity contribution in [3.63, 3.8) is 0 Å². The van der Waals surface area contributed by atoms with E-state index in [1.165, 1.54) is 0 Å². The Hall–Kier alpha value is -4.00. The van der Waals surface area contributed by atoms with Crippen LogP contribution in [0.3, 0.4) is 0 Å². The largest absolute Gasteiger partial charge is 0.497 e. The van der Waals surface area contributed by atoms with Gasteiger partial charge in [-0.3, -0.25) is 4.79 Å². The number of ether oxygens (including phenoxy) is 3. The standard InChI is InChI=1S/C28H31N3O4/c1-33-22-11-9-21(10-12-22)28(32)29-18-17-27-30-25-7-3-4-8-26(25)31(27)19-5-6-20-35-24-15-13-23(34-2)14-16-24/h3-4,7-16H,5-6,17-20H2,1-2H3,(H,29,32). The van der Waals surface area contributed by atoms with E-state index in [2.05, 4.69) is 16.0 Å². The molecule has 7 heteroatoms. The van der Waals surface area contributed by atoms with E-state index in [1.54, 1.807) is 38.5 Å². The molecule has 3 aromatic carbocycles. The van der Waals surface area contributed by atoms with Crippen molar-refractivity contribution >= 4 is 16.9 Å². The van der Waals surface area contributed by atoms with Crippen molar-refractivity contribution in [1.29, 1.82) is 0 Å². The lowest BCUT2D eigenvalue weighted by Gasteiger charge is -2.11. The zero-order valence-electron chi connectivity index (χ0n) is 20.2. The summed E-state index contributed by atoms with van der Waals surface area (Å²) in [7, 11) is 3.26. The van der Waals surface area contributed by atoms with Crippen molar-refractivity contribution in [2.45, 2.75) is 25.8 Å². The lowest BCUT2D eigenvalue weighted by atomic mass is 10.2. The lowest BCUT2D eigenvalue weighted by Crippen LogP contribution is -2.26. The molecule has 0 radical (unpaired) electrons. The first kappa shape index (κ1) is 24.1. The van der Waals surface area contributed by atoms with Gasteiger partial charge in [-0.15, -0.1) is 0 Å². The lowest BCUT2D eigenvalue weighted by molar-refractivity contribution is 0.0954. The average Bonchev–Trinajstić information content (AvgIpc) is 3.26. The van der Waals surface area contributed by atoms with Gasteiger partial charge in [0.2, 0.25) is 0 Å². The second-order valence-corrected chi connectivity index (χ2v) is 8.13. The Bertz CT molecular complexity index is 1230. The molecule has 35 heavy (non-hydrogen) atoms. The Kier molecular flexibility index (Phi) is 8.22. The highest BCUT2D eigenvalue weighted by molar-refractivity contribution is 5.94. The highest BCUT2D eigenvalue weighted by atomic mass is 16.5. The fourth-order valence-electron chi connectivity index (χ4n) is 3.93. The van der Waals surface area contributed by atoms with Crippen molar-refractivity contribution < 1.29 is 19.0 Å². The summed E-state index contributed by atoms with van der Waals surface area (Å²) >= 11 is 0. The van der Waals surface area contributed by atoms with Gasteiger partial charge in [0.25, 0.3) is 5.91 Å². The SMILES string of the molecule is COc1ccc(OCCCCn2c(CCNC(=O)c3ccc(OC)cc3)nc3ccccc32)cc1. The van der Waals surface area contributed by atoms with E-state index in [0.717, 1.165) is 53.5 Å². The Balaban J connectivity index is 1.30. The zero-order valence-corrected chi connectivity index (χ0v) is 20.2. The van der Waals surface area contributed by atoms with Crippen LogP contribution >= 0.6 is 0 Å². The Morgan fingerprint density at radius 3 is 2.23 bits per heavy atom. The third-order valence-corrected chi connectivity index (χ3v) is 5.82. The molecule has 7 nitrogen and oxygen atoms in total. The van der Waals surface area contributed by atoms with Gasteiger partial charge in [-0.1, -0.05) is 12.1 Å². The summed E-state index contributed by atoms with van der Waals surface area (Å²) in [6.07, 6.45) is 2.53. The molecule has 0 saturated heterocycles. The van der Waals surface area contributed by atoms with E-state index in [4.69, 9.17) is 19.2 Å². The number of amides is 1. The number of nitrogens with zero attached hydrogens (tertiary/aromatic N) is 2. The van der Waals surface area contributed by atoms with Gasteiger partial charge >= 0.3 is 0 Å². The molecular formula is C28H31N3O4. The summed E-state index contributed by atoms with van der Waals surface area (Å²) in [4.78, 5) is 17.3. The second kappa shape index (κ2) is 11.9. The van der Waals surface area contributed by atoms with Gasteiger partial charge in [-0.2, -0.15) is 0 Å². The van der Waals surface area contributed by atoms with Crippen LogP contribution in [0.4, 0.5) is 0 Å². The number of unbranched alkanes of at least 4 members (excludes halogenated alkanes) is 1. The third kappa shape index (κ3) is 6.32. The molecule has 0 aliphatic rings. The van der Waals surface area contributed by atoms with E-state index in [0.29, 0.717) is 25.1 Å². The maximum atomic E-state index is 12.5. The quantitative estimate of drug-likeness (QED) is 0.297. The van der Waals surface area contributed by atoms with Crippen molar-refractivity contribution in [1.82, 2.24) is 14.9 Å². The number of aryl methyl sites for hydroxylation is 1. The molecule has 0 aliphatic carbocycles. The van der Waals surface area contributed by atoms with E-state index in [-0.39, 0.29) is 5.91 Å². The van der Waals surface area contributed by atoms with Crippen LogP contribution in [0.2, 0.25) is 0 Å². The Morgan fingerprint density at radius 1 is 0.857 bits per heavy atom. The summed E-state index contributed by atoms with van der Waals surface area (Å²) in [6.45, 7) is 2.00. The van der Waals surface area contributed by atoms with E-state index in [1.807, 2.05) is 42.5 Å². The van der Waals surface area contributed by atoms with Gasteiger partial charge in [0.1, 0.15) is 23.1 Å². The van der Waals surface area contributed by atoms with Crippen molar-refractivity contribution in [2.75, 3.05) is 27.4 Å². The van der Waals surface area contributed by atoms with Gasteiger partial charge in [-0.05, 0) is 73.5 Å². The van der Waals surface area contributed by atoms with Crippen LogP contribution in [0.15, 0.2) is 72.8 Å². The predicted molar refractivity (Wildman–Crippen MR) is 136 cm³/mol. The highest BCUT2D eigenvalue weighted by Crippen LogP contribution is 2.19. The molecule has 0 atom stereocenters. The number of fused-ring (bicyclic) bond motifs is 1. The van der Waals surface area contributed by atoms with Gasteiger partial charge in [-0.25, -0.2) is 4.98 Å². The number of methoxy groups -OCH3 is 2. The smallest absolute Gasteiger partial charge is 0.251 e. The van der Waals surface area contributed by atoms with Crippen LogP contribution in [0.1, 0.15) is 29.0 Å². The maximum absolute atomic E-state index is 12.5. The number of benzene rings is 3. The first-order valence-electron chi connectivity index (χ1n) is 11.8. The van der Waals surface area contributed by atoms with Crippen LogP contribution in [0.25, 0.3) is 11.0 Å². The fraction of sp³-hybridized carbons (Fsp3) is 0.286. The number of hydrogen-bond donors (Lipinski definition) is 1. The normalized spacial score (nSPS) is 10.8. The summed E-state index contributed by atoms with van der Waals surface area (Å²) < 4.78 is 18.4. The van der Waals surface area contributed by atoms with E-state index in [9.17, 15) is 4.79 Å². The second-order valence-electron chi connectivity index (χ2n) is 8.13. The van der Waals surface area contributed by atoms with Gasteiger partial charge in [0, 0.05) is 25.1 Å². The Morgan fingerprint density at radius 2 is 1.51 bits per heavy atom. The molecule has 4 rings (SSSR count). The molecule has 4 aromatic rings. The number of imidazole rings is 1. The minimum absolute atomic E-state index is 0.106. The molecule has 1 heterocycles. The van der Waals surface area contributed by atoms with Crippen LogP contribution in [0.5, 0.6) is 17.2 Å². The number of carbonyl (C=O) groups excluding carboxylic acids is 1. The fourth-order valence-corrected chi connectivity index (χ4v) is 3.93. The van der Waals surface area contributed by atoms with E-state index < -0.39 is 0 Å². The molecule has 182 valence electrons. The molecular weight excluding hydrogens is 442 g/mol. The zero-order chi connectivity index (χ0) is 24.5. The molecule has 0 unspecified atom stereocenters. The minimum atomic E-state index is -0.106. The van der Waals surface area contributed by atoms with Crippen LogP contribution in [-0.4, -0.2) is 42.8 Å². The first-order valence-corrected chi connectivity index (χ1v) is 11.8. The minimum Gasteiger partial charge on any atom is -0.497 e. The van der Waals surface area contributed by atoms with Crippen molar-refractivity contribution in [2.24, 2.45) is 0 Å². The summed E-state index contributed by atoms with van der Waals surface area (Å²) in [5.74, 6) is 3.25. The molecule has 0 spiro atoms. The summed E-state index contributed by atoms with van der Waals surface area (Å²) in [6, 6.07) is 22.9. The van der Waals surface area contributed by atoms with Gasteiger partial charge in [0.15, 0.2) is 0 Å². The topological polar surface area (TPSA) is 74.6 Å². The summed E-state index contributed by atoms with van der Waals surface area (Å²) in [5, 5.41) is 3.00. The third-order valence-electron chi connectivity index (χ3n) is 5.82. The van der Waals surface area contributed by atoms with Crippen LogP contribution < -0.4 is 19.5 Å². The number of para-hydroxylation sites is 2. The molecule has 1 amide bonds. The summed E-state index contributed by atoms with van der Waals surface area (Å²) in [5.41, 5.74) is 2.69. The van der Waals surface area contributed by atoms with Crippen LogP contribution in [-0.2, 0) is 13.0 Å². The molecule has 1 aromatic heterocycles. The van der Waals surface area contributed by atoms with E-state index >= 15 is 0 Å². The van der Waals surface area contributed by atoms with Crippen LogP contribution in [0, 0.1) is 0 Å². The molecule has 0 aliphatic heterocycles. The number of aromatic nitrogens is 2. The number of rotatable bonds is 12. The number of hydrogen-bond acceptors (Lipinski definition) is 5. The number of carbonyl (C=O) groups is 1. The molecule has 0 saturated carbocycles. The maximum Gasteiger partial charge on any atom is 0.251 e. The van der Waals surface area contributed by atoms with Gasteiger partial charge < -0.3 is 24.1 Å². The first-order chi connectivity index (χ1) is 17.2. The predicted octanol–water partition coefficient (Wildman–Crippen LogP) is 4.89. The monoisotopic (exact) mass is 473 g/mol.